The van der Waals surface area contributed by atoms with Crippen molar-refractivity contribution in [2.24, 2.45) is 11.1 Å². The lowest BCUT2D eigenvalue weighted by atomic mass is 10.0. The molecule has 1 saturated carbocycles. The van der Waals surface area contributed by atoms with Gasteiger partial charge in [0.2, 0.25) is 0 Å². The highest BCUT2D eigenvalue weighted by Crippen LogP contribution is 2.52. The summed E-state index contributed by atoms with van der Waals surface area (Å²) in [6.07, 6.45) is 3.24. The van der Waals surface area contributed by atoms with Gasteiger partial charge in [0, 0.05) is 12.3 Å². The van der Waals surface area contributed by atoms with Crippen LogP contribution in [0.15, 0.2) is 35.5 Å². The fourth-order valence-corrected chi connectivity index (χ4v) is 3.63. The van der Waals surface area contributed by atoms with Crippen LogP contribution in [-0.2, 0) is 9.63 Å². The van der Waals surface area contributed by atoms with Crippen molar-refractivity contribution in [3.63, 3.8) is 0 Å². The SMILES string of the molecule is CCCC1=NO[C@H]([C@H]2C[C@]23NC(=O)N(c2ccccc2)C3=O)C1. The summed E-state index contributed by atoms with van der Waals surface area (Å²) < 4.78 is 0. The number of rotatable bonds is 4. The van der Waals surface area contributed by atoms with Crippen LogP contribution in [-0.4, -0.2) is 29.3 Å². The summed E-state index contributed by atoms with van der Waals surface area (Å²) in [5.74, 6) is -0.169. The van der Waals surface area contributed by atoms with Crippen LogP contribution in [0.1, 0.15) is 32.6 Å². The lowest BCUT2D eigenvalue weighted by molar-refractivity contribution is -0.120. The van der Waals surface area contributed by atoms with Crippen molar-refractivity contribution in [3.8, 4) is 0 Å². The smallest absolute Gasteiger partial charge is 0.329 e. The van der Waals surface area contributed by atoms with E-state index in [1.54, 1.807) is 12.1 Å². The number of benzene rings is 1. The molecule has 1 saturated heterocycles. The zero-order chi connectivity index (χ0) is 16.0. The molecule has 0 radical (unpaired) electrons. The minimum Gasteiger partial charge on any atom is -0.392 e. The molecular weight excluding hydrogens is 294 g/mol. The number of nitrogens with zero attached hydrogens (tertiary/aromatic N) is 2. The van der Waals surface area contributed by atoms with Crippen LogP contribution in [0.5, 0.6) is 0 Å². The zero-order valence-electron chi connectivity index (χ0n) is 13.0. The molecular formula is C17H19N3O3. The molecule has 3 atom stereocenters. The standard InChI is InChI=1S/C17H19N3O3/c1-2-6-11-9-14(23-19-11)13-10-17(13)15(21)20(16(22)18-17)12-7-4-3-5-8-12/h3-5,7-8,13-14H,2,6,9-10H2,1H3,(H,18,22)/t13-,14+,17+/m1/s1. The summed E-state index contributed by atoms with van der Waals surface area (Å²) in [5, 5.41) is 7.01. The molecule has 4 rings (SSSR count). The Bertz CT molecular complexity index is 688. The third kappa shape index (κ3) is 2.12. The van der Waals surface area contributed by atoms with E-state index in [4.69, 9.17) is 4.84 Å². The average Bonchev–Trinajstić information content (AvgIpc) is 2.97. The second-order valence-corrected chi connectivity index (χ2v) is 6.44. The van der Waals surface area contributed by atoms with Gasteiger partial charge < -0.3 is 10.2 Å². The van der Waals surface area contributed by atoms with Crippen molar-refractivity contribution in [1.82, 2.24) is 5.32 Å². The lowest BCUT2D eigenvalue weighted by Gasteiger charge is -2.14. The van der Waals surface area contributed by atoms with Crippen LogP contribution >= 0.6 is 0 Å². The molecule has 3 amide bonds. The second kappa shape index (κ2) is 5.08. The molecule has 23 heavy (non-hydrogen) atoms. The monoisotopic (exact) mass is 313 g/mol. The quantitative estimate of drug-likeness (QED) is 0.868. The summed E-state index contributed by atoms with van der Waals surface area (Å²) in [6, 6.07) is 8.67. The third-order valence-electron chi connectivity index (χ3n) is 4.89. The molecule has 2 aliphatic heterocycles. The van der Waals surface area contributed by atoms with Crippen molar-refractivity contribution in [1.29, 1.82) is 0 Å². The van der Waals surface area contributed by atoms with Crippen molar-refractivity contribution >= 4 is 23.3 Å². The molecule has 1 aromatic carbocycles. The van der Waals surface area contributed by atoms with Gasteiger partial charge in [0.25, 0.3) is 5.91 Å². The number of anilines is 1. The first-order valence-electron chi connectivity index (χ1n) is 8.09. The van der Waals surface area contributed by atoms with E-state index in [9.17, 15) is 9.59 Å². The second-order valence-electron chi connectivity index (χ2n) is 6.44. The van der Waals surface area contributed by atoms with Gasteiger partial charge >= 0.3 is 6.03 Å². The minimum atomic E-state index is -0.797. The first kappa shape index (κ1) is 14.2. The van der Waals surface area contributed by atoms with E-state index in [0.717, 1.165) is 25.0 Å². The first-order chi connectivity index (χ1) is 11.2. The number of nitrogens with one attached hydrogen (secondary N) is 1. The number of urea groups is 1. The molecule has 0 aromatic heterocycles. The molecule has 2 heterocycles. The molecule has 2 fully saturated rings. The van der Waals surface area contributed by atoms with E-state index in [-0.39, 0.29) is 24.0 Å². The average molecular weight is 313 g/mol. The van der Waals surface area contributed by atoms with Crippen LogP contribution in [0.3, 0.4) is 0 Å². The zero-order valence-corrected chi connectivity index (χ0v) is 13.0. The molecule has 1 N–H and O–H groups in total. The van der Waals surface area contributed by atoms with E-state index >= 15 is 0 Å². The Labute approximate surface area is 134 Å². The maximum atomic E-state index is 12.8. The molecule has 1 aliphatic carbocycles. The van der Waals surface area contributed by atoms with Crippen LogP contribution in [0.25, 0.3) is 0 Å². The van der Waals surface area contributed by atoms with Crippen LogP contribution in [0.4, 0.5) is 10.5 Å². The summed E-state index contributed by atoms with van der Waals surface area (Å²) in [6.45, 7) is 2.10. The number of carbonyl (C=O) groups excluding carboxylic acids is 2. The molecule has 6 nitrogen and oxygen atoms in total. The predicted octanol–water partition coefficient (Wildman–Crippen LogP) is 2.45. The van der Waals surface area contributed by atoms with E-state index in [0.29, 0.717) is 12.1 Å². The minimum absolute atomic E-state index is 0.00534. The summed E-state index contributed by atoms with van der Waals surface area (Å²) in [5.41, 5.74) is 0.860. The van der Waals surface area contributed by atoms with Crippen molar-refractivity contribution in [2.45, 2.75) is 44.2 Å². The molecule has 120 valence electrons. The molecule has 0 unspecified atom stereocenters. The van der Waals surface area contributed by atoms with E-state index < -0.39 is 5.54 Å². The molecule has 0 bridgehead atoms. The Kier molecular flexibility index (Phi) is 3.14. The first-order valence-corrected chi connectivity index (χ1v) is 8.09. The lowest BCUT2D eigenvalue weighted by Crippen LogP contribution is -2.37. The predicted molar refractivity (Wildman–Crippen MR) is 85.1 cm³/mol. The highest BCUT2D eigenvalue weighted by molar-refractivity contribution is 6.24. The van der Waals surface area contributed by atoms with E-state index in [1.807, 2.05) is 18.2 Å². The van der Waals surface area contributed by atoms with Gasteiger partial charge in [0.1, 0.15) is 11.6 Å². The molecule has 1 aromatic rings. The topological polar surface area (TPSA) is 71.0 Å². The maximum absolute atomic E-state index is 12.8. The highest BCUT2D eigenvalue weighted by atomic mass is 16.6. The molecule has 1 spiro atoms. The molecule has 3 aliphatic rings. The Hall–Kier alpha value is -2.37. The summed E-state index contributed by atoms with van der Waals surface area (Å²) in [7, 11) is 0. The van der Waals surface area contributed by atoms with E-state index in [2.05, 4.69) is 17.4 Å². The van der Waals surface area contributed by atoms with Crippen LogP contribution in [0, 0.1) is 5.92 Å². The normalized spacial score (nSPS) is 32.0. The number of carbonyl (C=O) groups is 2. The van der Waals surface area contributed by atoms with Gasteiger partial charge in [-0.3, -0.25) is 4.79 Å². The Morgan fingerprint density at radius 3 is 2.87 bits per heavy atom. The Morgan fingerprint density at radius 1 is 1.35 bits per heavy atom. The maximum Gasteiger partial charge on any atom is 0.329 e. The summed E-state index contributed by atoms with van der Waals surface area (Å²) in [4.78, 5) is 31.9. The van der Waals surface area contributed by atoms with Gasteiger partial charge in [-0.2, -0.15) is 0 Å². The fourth-order valence-electron chi connectivity index (χ4n) is 3.63. The largest absolute Gasteiger partial charge is 0.392 e. The number of amides is 3. The molecule has 6 heteroatoms. The van der Waals surface area contributed by atoms with Gasteiger partial charge in [-0.15, -0.1) is 0 Å². The van der Waals surface area contributed by atoms with Gasteiger partial charge in [0.15, 0.2) is 0 Å². The van der Waals surface area contributed by atoms with Crippen molar-refractivity contribution < 1.29 is 14.4 Å². The van der Waals surface area contributed by atoms with Crippen LogP contribution in [0.2, 0.25) is 0 Å². The van der Waals surface area contributed by atoms with Crippen molar-refractivity contribution in [2.75, 3.05) is 4.90 Å². The van der Waals surface area contributed by atoms with E-state index in [1.165, 1.54) is 4.90 Å². The van der Waals surface area contributed by atoms with Gasteiger partial charge in [-0.05, 0) is 25.0 Å². The summed E-state index contributed by atoms with van der Waals surface area (Å²) >= 11 is 0. The number of hydrogen-bond acceptors (Lipinski definition) is 4. The number of oxime groups is 1. The van der Waals surface area contributed by atoms with Crippen LogP contribution < -0.4 is 10.2 Å². The van der Waals surface area contributed by atoms with Gasteiger partial charge in [-0.1, -0.05) is 36.7 Å². The Morgan fingerprint density at radius 2 is 2.13 bits per heavy atom. The van der Waals surface area contributed by atoms with Crippen molar-refractivity contribution in [3.05, 3.63) is 30.3 Å². The number of hydrogen-bond donors (Lipinski definition) is 1. The number of imide groups is 1. The fraction of sp³-hybridized carbons (Fsp3) is 0.471. The Balaban J connectivity index is 1.50. The third-order valence-corrected chi connectivity index (χ3v) is 4.89. The number of para-hydroxylation sites is 1. The highest BCUT2D eigenvalue weighted by Gasteiger charge is 2.70. The van der Waals surface area contributed by atoms with Gasteiger partial charge in [-0.25, -0.2) is 9.69 Å². The van der Waals surface area contributed by atoms with Gasteiger partial charge in [0.05, 0.1) is 11.4 Å².